The van der Waals surface area contributed by atoms with E-state index in [9.17, 15) is 0 Å². The minimum atomic E-state index is 0.491. The van der Waals surface area contributed by atoms with Crippen molar-refractivity contribution in [2.75, 3.05) is 44.3 Å². The van der Waals surface area contributed by atoms with E-state index < -0.39 is 0 Å². The quantitative estimate of drug-likeness (QED) is 0.849. The Morgan fingerprint density at radius 1 is 1.42 bits per heavy atom. The molecule has 2 rings (SSSR count). The van der Waals surface area contributed by atoms with Crippen LogP contribution >= 0.6 is 0 Å². The van der Waals surface area contributed by atoms with Crippen LogP contribution in [-0.4, -0.2) is 43.2 Å². The molecule has 0 bridgehead atoms. The van der Waals surface area contributed by atoms with Crippen LogP contribution in [0, 0.1) is 5.92 Å². The minimum absolute atomic E-state index is 0.491. The predicted molar refractivity (Wildman–Crippen MR) is 78.5 cm³/mol. The fourth-order valence-electron chi connectivity index (χ4n) is 2.47. The molecule has 0 saturated carbocycles. The summed E-state index contributed by atoms with van der Waals surface area (Å²) in [6.07, 6.45) is 2.51. The smallest absolute Gasteiger partial charge is 0.238 e. The molecular formula is C14H24N4O. The first-order valence-electron chi connectivity index (χ1n) is 6.99. The number of ether oxygens (including phenoxy) is 1. The highest BCUT2D eigenvalue weighted by Crippen LogP contribution is 2.21. The fourth-order valence-corrected chi connectivity index (χ4v) is 2.47. The van der Waals surface area contributed by atoms with Crippen LogP contribution in [0.4, 0.5) is 11.5 Å². The van der Waals surface area contributed by atoms with Crippen molar-refractivity contribution in [2.45, 2.75) is 19.8 Å². The van der Waals surface area contributed by atoms with Gasteiger partial charge in [0.1, 0.15) is 5.82 Å². The first-order valence-corrected chi connectivity index (χ1v) is 6.99. The molecule has 1 aromatic rings. The van der Waals surface area contributed by atoms with E-state index in [1.807, 2.05) is 12.1 Å². The summed E-state index contributed by atoms with van der Waals surface area (Å²) in [7, 11) is 1.59. The number of hydrogen-bond donors (Lipinski definition) is 2. The van der Waals surface area contributed by atoms with E-state index in [4.69, 9.17) is 10.5 Å². The van der Waals surface area contributed by atoms with Crippen LogP contribution in [0.3, 0.4) is 0 Å². The first-order chi connectivity index (χ1) is 9.22. The standard InChI is InChI=1S/C14H24N4O/c1-3-18-8-6-11(7-9-18)10-16-13-5-4-12(15)14(17-13)19-2/h4-5,11H,3,6-10,15H2,1-2H3,(H,16,17). The van der Waals surface area contributed by atoms with Crippen LogP contribution in [0.25, 0.3) is 0 Å². The second-order valence-electron chi connectivity index (χ2n) is 5.05. The molecule has 3 N–H and O–H groups in total. The van der Waals surface area contributed by atoms with Gasteiger partial charge in [-0.1, -0.05) is 6.92 Å². The number of methoxy groups -OCH3 is 1. The summed E-state index contributed by atoms with van der Waals surface area (Å²) < 4.78 is 5.12. The number of nitrogens with zero attached hydrogens (tertiary/aromatic N) is 2. The molecule has 0 aromatic carbocycles. The van der Waals surface area contributed by atoms with Crippen molar-refractivity contribution in [2.24, 2.45) is 5.92 Å². The van der Waals surface area contributed by atoms with Gasteiger partial charge < -0.3 is 20.7 Å². The van der Waals surface area contributed by atoms with Crippen molar-refractivity contribution in [3.63, 3.8) is 0 Å². The van der Waals surface area contributed by atoms with Crippen molar-refractivity contribution in [1.82, 2.24) is 9.88 Å². The molecule has 0 spiro atoms. The predicted octanol–water partition coefficient (Wildman–Crippen LogP) is 1.82. The zero-order valence-corrected chi connectivity index (χ0v) is 11.9. The first kappa shape index (κ1) is 13.9. The van der Waals surface area contributed by atoms with Gasteiger partial charge >= 0.3 is 0 Å². The summed E-state index contributed by atoms with van der Waals surface area (Å²) in [5.74, 6) is 2.06. The largest absolute Gasteiger partial charge is 0.479 e. The zero-order valence-electron chi connectivity index (χ0n) is 11.9. The fraction of sp³-hybridized carbons (Fsp3) is 0.643. The van der Waals surface area contributed by atoms with Gasteiger partial charge in [-0.15, -0.1) is 0 Å². The molecule has 2 heterocycles. The number of likely N-dealkylation sites (tertiary alicyclic amines) is 1. The summed E-state index contributed by atoms with van der Waals surface area (Å²) in [6.45, 7) is 6.78. The Morgan fingerprint density at radius 2 is 2.16 bits per heavy atom. The van der Waals surface area contributed by atoms with E-state index in [0.29, 0.717) is 11.6 Å². The number of nitrogens with one attached hydrogen (secondary N) is 1. The van der Waals surface area contributed by atoms with Crippen LogP contribution < -0.4 is 15.8 Å². The number of anilines is 2. The molecule has 0 radical (unpaired) electrons. The van der Waals surface area contributed by atoms with Crippen LogP contribution in [-0.2, 0) is 0 Å². The van der Waals surface area contributed by atoms with E-state index in [2.05, 4.69) is 22.1 Å². The maximum atomic E-state index is 5.75. The highest BCUT2D eigenvalue weighted by atomic mass is 16.5. The summed E-state index contributed by atoms with van der Waals surface area (Å²) in [5, 5.41) is 3.38. The molecule has 1 aromatic heterocycles. The molecule has 0 aliphatic carbocycles. The molecule has 5 nitrogen and oxygen atoms in total. The van der Waals surface area contributed by atoms with Gasteiger partial charge in [0, 0.05) is 6.54 Å². The maximum absolute atomic E-state index is 5.75. The third-order valence-electron chi connectivity index (χ3n) is 3.81. The number of nitrogens with two attached hydrogens (primary N) is 1. The van der Waals surface area contributed by atoms with Crippen molar-refractivity contribution in [3.05, 3.63) is 12.1 Å². The van der Waals surface area contributed by atoms with Gasteiger partial charge in [-0.25, -0.2) is 0 Å². The lowest BCUT2D eigenvalue weighted by molar-refractivity contribution is 0.198. The topological polar surface area (TPSA) is 63.4 Å². The lowest BCUT2D eigenvalue weighted by Crippen LogP contribution is -2.35. The van der Waals surface area contributed by atoms with Crippen molar-refractivity contribution >= 4 is 11.5 Å². The van der Waals surface area contributed by atoms with E-state index >= 15 is 0 Å². The van der Waals surface area contributed by atoms with Crippen molar-refractivity contribution in [1.29, 1.82) is 0 Å². The summed E-state index contributed by atoms with van der Waals surface area (Å²) in [6, 6.07) is 3.73. The Bertz CT molecular complexity index is 402. The van der Waals surface area contributed by atoms with Crippen LogP contribution in [0.5, 0.6) is 5.88 Å². The average molecular weight is 264 g/mol. The Morgan fingerprint density at radius 3 is 2.79 bits per heavy atom. The molecule has 0 amide bonds. The van der Waals surface area contributed by atoms with Crippen molar-refractivity contribution in [3.8, 4) is 5.88 Å². The van der Waals surface area contributed by atoms with Crippen LogP contribution in [0.2, 0.25) is 0 Å². The van der Waals surface area contributed by atoms with Gasteiger partial charge in [-0.3, -0.25) is 0 Å². The summed E-state index contributed by atoms with van der Waals surface area (Å²) in [5.41, 5.74) is 6.32. The van der Waals surface area contributed by atoms with Crippen molar-refractivity contribution < 1.29 is 4.74 Å². The van der Waals surface area contributed by atoms with Gasteiger partial charge in [0.15, 0.2) is 0 Å². The third-order valence-corrected chi connectivity index (χ3v) is 3.81. The van der Waals surface area contributed by atoms with Gasteiger partial charge in [0.05, 0.1) is 12.8 Å². The lowest BCUT2D eigenvalue weighted by atomic mass is 9.97. The number of nitrogen functional groups attached to an aromatic ring is 1. The van der Waals surface area contributed by atoms with Gasteiger partial charge in [-0.05, 0) is 50.5 Å². The van der Waals surface area contributed by atoms with Gasteiger partial charge in [0.2, 0.25) is 5.88 Å². The SMILES string of the molecule is CCN1CCC(CNc2ccc(N)c(OC)n2)CC1. The number of piperidine rings is 1. The summed E-state index contributed by atoms with van der Waals surface area (Å²) >= 11 is 0. The Hall–Kier alpha value is -1.49. The van der Waals surface area contributed by atoms with Gasteiger partial charge in [-0.2, -0.15) is 4.98 Å². The number of pyridine rings is 1. The Labute approximate surface area is 115 Å². The van der Waals surface area contributed by atoms with E-state index in [1.54, 1.807) is 7.11 Å². The molecule has 106 valence electrons. The number of rotatable bonds is 5. The molecule has 19 heavy (non-hydrogen) atoms. The second kappa shape index (κ2) is 6.61. The monoisotopic (exact) mass is 264 g/mol. The molecular weight excluding hydrogens is 240 g/mol. The van der Waals surface area contributed by atoms with Gasteiger partial charge in [0.25, 0.3) is 0 Å². The average Bonchev–Trinajstić information content (AvgIpc) is 2.47. The molecule has 1 aliphatic rings. The molecule has 0 unspecified atom stereocenters. The van der Waals surface area contributed by atoms with Crippen LogP contribution in [0.15, 0.2) is 12.1 Å². The van der Waals surface area contributed by atoms with Crippen LogP contribution in [0.1, 0.15) is 19.8 Å². The number of hydrogen-bond acceptors (Lipinski definition) is 5. The van der Waals surface area contributed by atoms with E-state index in [0.717, 1.165) is 24.8 Å². The normalized spacial score (nSPS) is 17.4. The molecule has 0 atom stereocenters. The second-order valence-corrected chi connectivity index (χ2v) is 5.05. The maximum Gasteiger partial charge on any atom is 0.238 e. The lowest BCUT2D eigenvalue weighted by Gasteiger charge is -2.31. The third kappa shape index (κ3) is 3.73. The van der Waals surface area contributed by atoms with E-state index in [1.165, 1.54) is 25.9 Å². The molecule has 5 heteroatoms. The molecule has 1 saturated heterocycles. The molecule has 1 fully saturated rings. The van der Waals surface area contributed by atoms with E-state index in [-0.39, 0.29) is 0 Å². The number of aromatic nitrogens is 1. The Kier molecular flexibility index (Phi) is 4.85. The Balaban J connectivity index is 1.82. The summed E-state index contributed by atoms with van der Waals surface area (Å²) in [4.78, 5) is 6.84. The molecule has 1 aliphatic heterocycles. The highest BCUT2D eigenvalue weighted by molar-refractivity contribution is 5.53. The zero-order chi connectivity index (χ0) is 13.7. The highest BCUT2D eigenvalue weighted by Gasteiger charge is 2.17. The minimum Gasteiger partial charge on any atom is -0.479 e.